The molecule has 0 radical (unpaired) electrons. The van der Waals surface area contributed by atoms with Gasteiger partial charge in [-0.1, -0.05) is 0 Å². The van der Waals surface area contributed by atoms with Crippen molar-refractivity contribution in [2.45, 2.75) is 12.5 Å². The minimum atomic E-state index is -0.532. The molecule has 1 fully saturated rings. The number of nitrogens with two attached hydrogens (primary N) is 1. The average Bonchev–Trinajstić information content (AvgIpc) is 2.42. The van der Waals surface area contributed by atoms with Crippen molar-refractivity contribution >= 4 is 23.6 Å². The van der Waals surface area contributed by atoms with Crippen LogP contribution in [0.5, 0.6) is 0 Å². The van der Waals surface area contributed by atoms with E-state index in [0.29, 0.717) is 32.7 Å². The van der Waals surface area contributed by atoms with Crippen molar-refractivity contribution in [1.82, 2.24) is 10.2 Å². The topological polar surface area (TPSA) is 84.7 Å². The minimum Gasteiger partial charge on any atom is -0.378 e. The van der Waals surface area contributed by atoms with E-state index in [2.05, 4.69) is 5.32 Å². The zero-order chi connectivity index (χ0) is 13.4. The molecular formula is C11H21N3O3S. The van der Waals surface area contributed by atoms with Crippen LogP contribution in [0.4, 0.5) is 0 Å². The number of rotatable bonds is 6. The van der Waals surface area contributed by atoms with Crippen molar-refractivity contribution in [2.24, 2.45) is 5.73 Å². The Bertz CT molecular complexity index is 283. The maximum Gasteiger partial charge on any atom is 0.242 e. The van der Waals surface area contributed by atoms with Gasteiger partial charge in [0.2, 0.25) is 11.8 Å². The third-order valence-electron chi connectivity index (χ3n) is 2.75. The molecule has 1 aliphatic heterocycles. The van der Waals surface area contributed by atoms with Gasteiger partial charge in [-0.3, -0.25) is 9.59 Å². The zero-order valence-corrected chi connectivity index (χ0v) is 11.5. The van der Waals surface area contributed by atoms with Gasteiger partial charge in [0.1, 0.15) is 0 Å². The predicted molar refractivity (Wildman–Crippen MR) is 71.4 cm³/mol. The summed E-state index contributed by atoms with van der Waals surface area (Å²) >= 11 is 1.65. The summed E-state index contributed by atoms with van der Waals surface area (Å²) in [5, 5.41) is 2.58. The highest BCUT2D eigenvalue weighted by molar-refractivity contribution is 7.98. The summed E-state index contributed by atoms with van der Waals surface area (Å²) in [7, 11) is 0. The summed E-state index contributed by atoms with van der Waals surface area (Å²) < 4.78 is 5.15. The van der Waals surface area contributed by atoms with Crippen molar-refractivity contribution in [1.29, 1.82) is 0 Å². The van der Waals surface area contributed by atoms with Crippen LogP contribution in [-0.4, -0.2) is 67.6 Å². The van der Waals surface area contributed by atoms with Crippen molar-refractivity contribution in [3.8, 4) is 0 Å². The van der Waals surface area contributed by atoms with Crippen LogP contribution in [0.25, 0.3) is 0 Å². The molecule has 0 aromatic rings. The molecule has 7 heteroatoms. The van der Waals surface area contributed by atoms with Gasteiger partial charge in [-0.25, -0.2) is 0 Å². The lowest BCUT2D eigenvalue weighted by molar-refractivity contribution is -0.136. The molecule has 1 rings (SSSR count). The standard InChI is InChI=1S/C11H21N3O3S/c1-18-7-2-9(12)11(16)13-8-10(15)14-3-5-17-6-4-14/h9H,2-8,12H2,1H3,(H,13,16)/t9-/m0/s1. The van der Waals surface area contributed by atoms with Gasteiger partial charge in [0.15, 0.2) is 0 Å². The van der Waals surface area contributed by atoms with Crippen LogP contribution >= 0.6 is 11.8 Å². The number of thioether (sulfide) groups is 1. The second kappa shape index (κ2) is 8.34. The molecular weight excluding hydrogens is 254 g/mol. The molecule has 1 saturated heterocycles. The lowest BCUT2D eigenvalue weighted by atomic mass is 10.2. The van der Waals surface area contributed by atoms with Gasteiger partial charge in [0, 0.05) is 13.1 Å². The first-order valence-corrected chi connectivity index (χ1v) is 7.42. The van der Waals surface area contributed by atoms with E-state index in [9.17, 15) is 9.59 Å². The Morgan fingerprint density at radius 2 is 2.11 bits per heavy atom. The Kier molecular flexibility index (Phi) is 7.07. The quantitative estimate of drug-likeness (QED) is 0.652. The van der Waals surface area contributed by atoms with Gasteiger partial charge in [-0.2, -0.15) is 11.8 Å². The van der Waals surface area contributed by atoms with Gasteiger partial charge in [0.25, 0.3) is 0 Å². The number of nitrogens with zero attached hydrogens (tertiary/aromatic N) is 1. The largest absolute Gasteiger partial charge is 0.378 e. The van der Waals surface area contributed by atoms with Gasteiger partial charge >= 0.3 is 0 Å². The first-order chi connectivity index (χ1) is 8.65. The Morgan fingerprint density at radius 3 is 2.72 bits per heavy atom. The van der Waals surface area contributed by atoms with E-state index < -0.39 is 6.04 Å². The molecule has 1 atom stereocenters. The number of ether oxygens (including phenoxy) is 1. The van der Waals surface area contributed by atoms with Crippen LogP contribution < -0.4 is 11.1 Å². The molecule has 3 N–H and O–H groups in total. The second-order valence-electron chi connectivity index (χ2n) is 4.10. The monoisotopic (exact) mass is 275 g/mol. The second-order valence-corrected chi connectivity index (χ2v) is 5.08. The Balaban J connectivity index is 2.22. The van der Waals surface area contributed by atoms with Crippen LogP contribution in [0.15, 0.2) is 0 Å². The highest BCUT2D eigenvalue weighted by atomic mass is 32.2. The molecule has 0 aromatic carbocycles. The molecule has 18 heavy (non-hydrogen) atoms. The molecule has 1 aliphatic rings. The fraction of sp³-hybridized carbons (Fsp3) is 0.818. The van der Waals surface area contributed by atoms with Crippen molar-refractivity contribution < 1.29 is 14.3 Å². The summed E-state index contributed by atoms with van der Waals surface area (Å²) in [5.74, 6) is 0.501. The summed E-state index contributed by atoms with van der Waals surface area (Å²) in [6.07, 6.45) is 2.59. The van der Waals surface area contributed by atoms with Crippen molar-refractivity contribution in [3.63, 3.8) is 0 Å². The average molecular weight is 275 g/mol. The van der Waals surface area contributed by atoms with Gasteiger partial charge < -0.3 is 20.7 Å². The van der Waals surface area contributed by atoms with Crippen LogP contribution in [0.1, 0.15) is 6.42 Å². The maximum absolute atomic E-state index is 11.7. The van der Waals surface area contributed by atoms with E-state index in [1.165, 1.54) is 0 Å². The third kappa shape index (κ3) is 5.24. The fourth-order valence-corrected chi connectivity index (χ4v) is 2.08. The van der Waals surface area contributed by atoms with E-state index in [4.69, 9.17) is 10.5 Å². The molecule has 0 aromatic heterocycles. The molecule has 0 aliphatic carbocycles. The first-order valence-electron chi connectivity index (χ1n) is 6.03. The lowest BCUT2D eigenvalue weighted by Gasteiger charge is -2.27. The Morgan fingerprint density at radius 1 is 1.44 bits per heavy atom. The maximum atomic E-state index is 11.7. The third-order valence-corrected chi connectivity index (χ3v) is 3.39. The SMILES string of the molecule is CSCC[C@H](N)C(=O)NCC(=O)N1CCOCC1. The van der Waals surface area contributed by atoms with E-state index in [1.807, 2.05) is 6.26 Å². The highest BCUT2D eigenvalue weighted by Crippen LogP contribution is 1.99. The van der Waals surface area contributed by atoms with Gasteiger partial charge in [0.05, 0.1) is 25.8 Å². The number of hydrogen-bond acceptors (Lipinski definition) is 5. The van der Waals surface area contributed by atoms with Crippen LogP contribution in [0, 0.1) is 0 Å². The van der Waals surface area contributed by atoms with Crippen molar-refractivity contribution in [3.05, 3.63) is 0 Å². The minimum absolute atomic E-state index is 0.0196. The smallest absolute Gasteiger partial charge is 0.242 e. The number of carbonyl (C=O) groups is 2. The van der Waals surface area contributed by atoms with E-state index in [1.54, 1.807) is 16.7 Å². The van der Waals surface area contributed by atoms with Gasteiger partial charge in [-0.15, -0.1) is 0 Å². The first kappa shape index (κ1) is 15.3. The molecule has 0 saturated carbocycles. The fourth-order valence-electron chi connectivity index (χ4n) is 1.59. The highest BCUT2D eigenvalue weighted by Gasteiger charge is 2.19. The number of hydrogen-bond donors (Lipinski definition) is 2. The molecule has 2 amide bonds. The Labute approximate surface area is 112 Å². The van der Waals surface area contributed by atoms with Crippen LogP contribution in [0.2, 0.25) is 0 Å². The molecule has 1 heterocycles. The van der Waals surface area contributed by atoms with Gasteiger partial charge in [-0.05, 0) is 18.4 Å². The number of carbonyl (C=O) groups excluding carboxylic acids is 2. The van der Waals surface area contributed by atoms with Crippen LogP contribution in [0.3, 0.4) is 0 Å². The van der Waals surface area contributed by atoms with Crippen LogP contribution in [-0.2, 0) is 14.3 Å². The normalized spacial score (nSPS) is 17.3. The summed E-state index contributed by atoms with van der Waals surface area (Å²) in [6, 6.07) is -0.532. The molecule has 0 unspecified atom stereocenters. The zero-order valence-electron chi connectivity index (χ0n) is 10.7. The molecule has 6 nitrogen and oxygen atoms in total. The lowest BCUT2D eigenvalue weighted by Crippen LogP contribution is -2.48. The molecule has 0 spiro atoms. The van der Waals surface area contributed by atoms with Crippen molar-refractivity contribution in [2.75, 3.05) is 44.9 Å². The predicted octanol–water partition coefficient (Wildman–Crippen LogP) is -0.958. The summed E-state index contributed by atoms with van der Waals surface area (Å²) in [5.41, 5.74) is 5.70. The Hall–Kier alpha value is -0.790. The summed E-state index contributed by atoms with van der Waals surface area (Å²) in [4.78, 5) is 25.0. The molecule has 104 valence electrons. The van der Waals surface area contributed by atoms with E-state index in [-0.39, 0.29) is 18.4 Å². The molecule has 0 bridgehead atoms. The number of morpholine rings is 1. The summed E-state index contributed by atoms with van der Waals surface area (Å²) in [6.45, 7) is 2.33. The number of amides is 2. The van der Waals surface area contributed by atoms with E-state index in [0.717, 1.165) is 5.75 Å². The number of nitrogens with one attached hydrogen (secondary N) is 1. The van der Waals surface area contributed by atoms with E-state index >= 15 is 0 Å².